The molecule has 0 aliphatic heterocycles. The minimum Gasteiger partial charge on any atom is -0.135 e. The second-order valence-corrected chi connectivity index (χ2v) is 7.31. The predicted molar refractivity (Wildman–Crippen MR) is 97.5 cm³/mol. The average molecular weight is 374 g/mol. The molecule has 21 heavy (non-hydrogen) atoms. The quantitative estimate of drug-likeness (QED) is 0.332. The summed E-state index contributed by atoms with van der Waals surface area (Å²) < 4.78 is 3.76. The van der Waals surface area contributed by atoms with Crippen LogP contribution in [0.2, 0.25) is 5.02 Å². The van der Waals surface area contributed by atoms with E-state index in [0.29, 0.717) is 0 Å². The molecule has 0 spiro atoms. The van der Waals surface area contributed by atoms with Gasteiger partial charge >= 0.3 is 0 Å². The molecule has 0 amide bonds. The highest BCUT2D eigenvalue weighted by atomic mass is 79.9. The Hall–Kier alpha value is -1.35. The van der Waals surface area contributed by atoms with Crippen molar-refractivity contribution in [3.63, 3.8) is 0 Å². The molecule has 0 nitrogen and oxygen atoms in total. The fraction of sp³-hybridized carbons (Fsp3) is 0. The van der Waals surface area contributed by atoms with Crippen molar-refractivity contribution in [2.45, 2.75) is 0 Å². The molecule has 0 fully saturated rings. The highest BCUT2D eigenvalue weighted by Gasteiger charge is 2.10. The smallest absolute Gasteiger partial charge is 0.0406 e. The van der Waals surface area contributed by atoms with Gasteiger partial charge in [0.25, 0.3) is 0 Å². The van der Waals surface area contributed by atoms with Crippen LogP contribution in [-0.2, 0) is 0 Å². The van der Waals surface area contributed by atoms with Crippen LogP contribution in [0, 0.1) is 0 Å². The van der Waals surface area contributed by atoms with Crippen molar-refractivity contribution in [2.75, 3.05) is 0 Å². The third kappa shape index (κ3) is 2.28. The molecule has 102 valence electrons. The number of hydrogen-bond donors (Lipinski definition) is 0. The van der Waals surface area contributed by atoms with Gasteiger partial charge in [0.2, 0.25) is 0 Å². The Balaban J connectivity index is 2.00. The molecule has 0 saturated heterocycles. The normalized spacial score (nSPS) is 11.3. The zero-order valence-electron chi connectivity index (χ0n) is 10.9. The Labute approximate surface area is 140 Å². The first-order valence-electron chi connectivity index (χ1n) is 6.59. The van der Waals surface area contributed by atoms with Gasteiger partial charge < -0.3 is 0 Å². The van der Waals surface area contributed by atoms with Crippen LogP contribution in [0.1, 0.15) is 0 Å². The number of rotatable bonds is 1. The van der Waals surface area contributed by atoms with Gasteiger partial charge in [0, 0.05) is 29.7 Å². The number of hydrogen-bond acceptors (Lipinski definition) is 1. The van der Waals surface area contributed by atoms with Gasteiger partial charge in [0.15, 0.2) is 0 Å². The lowest BCUT2D eigenvalue weighted by Gasteiger charge is -2.04. The van der Waals surface area contributed by atoms with Crippen molar-refractivity contribution in [1.29, 1.82) is 0 Å². The zero-order valence-corrected chi connectivity index (χ0v) is 14.1. The van der Waals surface area contributed by atoms with Crippen molar-refractivity contribution >= 4 is 59.0 Å². The van der Waals surface area contributed by atoms with Gasteiger partial charge in [-0.25, -0.2) is 0 Å². The fourth-order valence-electron chi connectivity index (χ4n) is 2.61. The zero-order chi connectivity index (χ0) is 14.4. The highest BCUT2D eigenvalue weighted by molar-refractivity contribution is 9.10. The van der Waals surface area contributed by atoms with Crippen molar-refractivity contribution in [1.82, 2.24) is 0 Å². The molecule has 0 aliphatic rings. The van der Waals surface area contributed by atoms with E-state index < -0.39 is 0 Å². The summed E-state index contributed by atoms with van der Waals surface area (Å²) in [6, 6.07) is 21.0. The Morgan fingerprint density at radius 3 is 2.38 bits per heavy atom. The molecule has 1 heterocycles. The molecule has 0 radical (unpaired) electrons. The van der Waals surface area contributed by atoms with E-state index in [1.54, 1.807) is 0 Å². The van der Waals surface area contributed by atoms with Crippen LogP contribution in [0.25, 0.3) is 31.3 Å². The third-order valence-electron chi connectivity index (χ3n) is 3.61. The van der Waals surface area contributed by atoms with Crippen LogP contribution in [0.4, 0.5) is 0 Å². The largest absolute Gasteiger partial charge is 0.135 e. The maximum atomic E-state index is 5.97. The molecule has 0 saturated carbocycles. The van der Waals surface area contributed by atoms with Gasteiger partial charge in [-0.2, -0.15) is 0 Å². The highest BCUT2D eigenvalue weighted by Crippen LogP contribution is 2.40. The number of benzene rings is 3. The van der Waals surface area contributed by atoms with Crippen LogP contribution in [0.3, 0.4) is 0 Å². The molecular weight excluding hydrogens is 364 g/mol. The second-order valence-electron chi connectivity index (χ2n) is 4.94. The van der Waals surface area contributed by atoms with E-state index in [0.717, 1.165) is 9.50 Å². The summed E-state index contributed by atoms with van der Waals surface area (Å²) in [5.74, 6) is 0. The van der Waals surface area contributed by atoms with Crippen molar-refractivity contribution in [2.24, 2.45) is 0 Å². The van der Waals surface area contributed by atoms with Crippen LogP contribution >= 0.6 is 38.9 Å². The standard InChI is InChI=1S/C18H10BrClS/c19-15-9-12(11-5-7-13(20)8-6-11)10-17-18(15)14-3-1-2-4-16(14)21-17/h1-10H. The minimum atomic E-state index is 0.765. The first kappa shape index (κ1) is 13.3. The Kier molecular flexibility index (Phi) is 3.26. The van der Waals surface area contributed by atoms with Crippen LogP contribution in [0.5, 0.6) is 0 Å². The molecule has 0 N–H and O–H groups in total. The lowest BCUT2D eigenvalue weighted by atomic mass is 10.0. The van der Waals surface area contributed by atoms with E-state index >= 15 is 0 Å². The predicted octanol–water partition coefficient (Wildman–Crippen LogP) is 7.14. The van der Waals surface area contributed by atoms with Crippen molar-refractivity contribution in [3.8, 4) is 11.1 Å². The van der Waals surface area contributed by atoms with Crippen LogP contribution in [0.15, 0.2) is 65.1 Å². The second kappa shape index (κ2) is 5.13. The summed E-state index contributed by atoms with van der Waals surface area (Å²) >= 11 is 11.5. The third-order valence-corrected chi connectivity index (χ3v) is 5.60. The average Bonchev–Trinajstić information content (AvgIpc) is 2.86. The molecule has 0 bridgehead atoms. The molecular formula is C18H10BrClS. The molecule has 3 aromatic carbocycles. The number of halogens is 2. The summed E-state index contributed by atoms with van der Waals surface area (Å²) in [5.41, 5.74) is 2.39. The lowest BCUT2D eigenvalue weighted by molar-refractivity contribution is 1.64. The minimum absolute atomic E-state index is 0.765. The van der Waals surface area contributed by atoms with E-state index in [4.69, 9.17) is 11.6 Å². The van der Waals surface area contributed by atoms with E-state index in [9.17, 15) is 0 Å². The number of fused-ring (bicyclic) bond motifs is 3. The molecule has 0 aliphatic carbocycles. The SMILES string of the molecule is Clc1ccc(-c2cc(Br)c3c(c2)sc2ccccc23)cc1. The van der Waals surface area contributed by atoms with Crippen molar-refractivity contribution in [3.05, 3.63) is 70.2 Å². The van der Waals surface area contributed by atoms with Gasteiger partial charge in [-0.3, -0.25) is 0 Å². The maximum absolute atomic E-state index is 5.97. The van der Waals surface area contributed by atoms with Gasteiger partial charge in [-0.05, 0) is 41.5 Å². The summed E-state index contributed by atoms with van der Waals surface area (Å²) in [5, 5.41) is 3.38. The van der Waals surface area contributed by atoms with Crippen molar-refractivity contribution < 1.29 is 0 Å². The molecule has 1 aromatic heterocycles. The summed E-state index contributed by atoms with van der Waals surface area (Å²) in [7, 11) is 0. The van der Waals surface area contributed by atoms with Crippen LogP contribution < -0.4 is 0 Å². The van der Waals surface area contributed by atoms with E-state index in [1.807, 2.05) is 23.5 Å². The van der Waals surface area contributed by atoms with Gasteiger partial charge in [-0.15, -0.1) is 11.3 Å². The topological polar surface area (TPSA) is 0 Å². The summed E-state index contributed by atoms with van der Waals surface area (Å²) in [4.78, 5) is 0. The Bertz CT molecular complexity index is 954. The lowest BCUT2D eigenvalue weighted by Crippen LogP contribution is -1.78. The van der Waals surface area contributed by atoms with E-state index in [1.165, 1.54) is 31.3 Å². The fourth-order valence-corrected chi connectivity index (χ4v) is 4.72. The first-order chi connectivity index (χ1) is 10.2. The van der Waals surface area contributed by atoms with Gasteiger partial charge in [0.05, 0.1) is 0 Å². The number of thiophene rings is 1. The first-order valence-corrected chi connectivity index (χ1v) is 8.58. The monoisotopic (exact) mass is 372 g/mol. The van der Waals surface area contributed by atoms with E-state index in [-0.39, 0.29) is 0 Å². The Morgan fingerprint density at radius 2 is 1.57 bits per heavy atom. The van der Waals surface area contributed by atoms with E-state index in [2.05, 4.69) is 64.5 Å². The Morgan fingerprint density at radius 1 is 0.810 bits per heavy atom. The van der Waals surface area contributed by atoms with Gasteiger partial charge in [-0.1, -0.05) is 57.9 Å². The maximum Gasteiger partial charge on any atom is 0.0406 e. The molecule has 0 atom stereocenters. The molecule has 0 unspecified atom stereocenters. The molecule has 3 heteroatoms. The van der Waals surface area contributed by atoms with Crippen LogP contribution in [-0.4, -0.2) is 0 Å². The summed E-state index contributed by atoms with van der Waals surface area (Å²) in [6.07, 6.45) is 0. The molecule has 4 aromatic rings. The summed E-state index contributed by atoms with van der Waals surface area (Å²) in [6.45, 7) is 0. The van der Waals surface area contributed by atoms with Gasteiger partial charge in [0.1, 0.15) is 0 Å². The molecule has 4 rings (SSSR count).